The summed E-state index contributed by atoms with van der Waals surface area (Å²) in [6.45, 7) is 4.20. The van der Waals surface area contributed by atoms with Crippen LogP contribution in [-0.4, -0.2) is 49.1 Å². The van der Waals surface area contributed by atoms with Crippen LogP contribution < -0.4 is 10.2 Å². The molecule has 1 saturated heterocycles. The van der Waals surface area contributed by atoms with Gasteiger partial charge >= 0.3 is 0 Å². The molecule has 0 bridgehead atoms. The second kappa shape index (κ2) is 10.0. The number of para-hydroxylation sites is 1. The molecular formula is C28H30N8O. The van der Waals surface area contributed by atoms with Crippen molar-refractivity contribution in [2.24, 2.45) is 0 Å². The van der Waals surface area contributed by atoms with Crippen LogP contribution in [0.15, 0.2) is 48.9 Å². The molecule has 1 aliphatic rings. The minimum atomic E-state index is -0.00450. The van der Waals surface area contributed by atoms with Crippen molar-refractivity contribution in [1.82, 2.24) is 30.1 Å². The molecule has 3 N–H and O–H groups in total. The van der Waals surface area contributed by atoms with Gasteiger partial charge in [0.2, 0.25) is 5.91 Å². The topological polar surface area (TPSA) is 115 Å². The SMILES string of the molecule is CCCCC(=O)Nc1cncc(-c2cc3c(-c4nc5c(N6CCCCC6)cccc5[nH]4)n[nH]c3cn2)c1. The van der Waals surface area contributed by atoms with E-state index in [1.54, 1.807) is 18.6 Å². The number of unbranched alkanes of at least 4 members (excludes halogenated alkanes) is 1. The summed E-state index contributed by atoms with van der Waals surface area (Å²) < 4.78 is 0. The third-order valence-electron chi connectivity index (χ3n) is 6.93. The predicted octanol–water partition coefficient (Wildman–Crippen LogP) is 5.68. The van der Waals surface area contributed by atoms with E-state index in [2.05, 4.69) is 60.5 Å². The van der Waals surface area contributed by atoms with Crippen molar-refractivity contribution < 1.29 is 4.79 Å². The number of H-pyrrole nitrogens is 2. The predicted molar refractivity (Wildman–Crippen MR) is 146 cm³/mol. The van der Waals surface area contributed by atoms with E-state index in [9.17, 15) is 4.79 Å². The van der Waals surface area contributed by atoms with E-state index in [1.807, 2.05) is 12.1 Å². The number of hydrogen-bond donors (Lipinski definition) is 3. The molecule has 0 spiro atoms. The zero-order chi connectivity index (χ0) is 25.2. The monoisotopic (exact) mass is 494 g/mol. The number of anilines is 2. The number of aromatic amines is 2. The Labute approximate surface area is 214 Å². The van der Waals surface area contributed by atoms with Crippen LogP contribution in [0.5, 0.6) is 0 Å². The number of carbonyl (C=O) groups is 1. The summed E-state index contributed by atoms with van der Waals surface area (Å²) in [5.74, 6) is 0.716. The number of carbonyl (C=O) groups excluding carboxylic acids is 1. The lowest BCUT2D eigenvalue weighted by molar-refractivity contribution is -0.116. The minimum Gasteiger partial charge on any atom is -0.370 e. The van der Waals surface area contributed by atoms with Gasteiger partial charge in [0, 0.05) is 36.7 Å². The summed E-state index contributed by atoms with van der Waals surface area (Å²) in [7, 11) is 0. The van der Waals surface area contributed by atoms with Crippen LogP contribution in [0.1, 0.15) is 45.4 Å². The zero-order valence-electron chi connectivity index (χ0n) is 20.9. The maximum absolute atomic E-state index is 12.2. The highest BCUT2D eigenvalue weighted by Gasteiger charge is 2.19. The minimum absolute atomic E-state index is 0.00450. The van der Waals surface area contributed by atoms with Crippen molar-refractivity contribution in [2.75, 3.05) is 23.3 Å². The van der Waals surface area contributed by atoms with Gasteiger partial charge < -0.3 is 15.2 Å². The number of imidazole rings is 1. The fourth-order valence-electron chi connectivity index (χ4n) is 4.98. The van der Waals surface area contributed by atoms with Crippen molar-refractivity contribution in [2.45, 2.75) is 45.4 Å². The van der Waals surface area contributed by atoms with Crippen LogP contribution in [0.4, 0.5) is 11.4 Å². The number of nitrogens with zero attached hydrogens (tertiary/aromatic N) is 5. The van der Waals surface area contributed by atoms with Crippen molar-refractivity contribution in [3.05, 3.63) is 48.9 Å². The highest BCUT2D eigenvalue weighted by Crippen LogP contribution is 2.33. The number of rotatable bonds is 7. The number of amides is 1. The number of benzene rings is 1. The van der Waals surface area contributed by atoms with Gasteiger partial charge in [-0.1, -0.05) is 19.4 Å². The zero-order valence-corrected chi connectivity index (χ0v) is 20.9. The maximum atomic E-state index is 12.2. The Bertz CT molecular complexity index is 1560. The van der Waals surface area contributed by atoms with Gasteiger partial charge in [0.1, 0.15) is 11.2 Å². The summed E-state index contributed by atoms with van der Waals surface area (Å²) in [6, 6.07) is 10.2. The third kappa shape index (κ3) is 4.64. The standard InChI is InChI=1S/C28H30N8O/c1-2-3-10-25(37)31-19-13-18(15-29-16-19)22-14-20-23(17-30-22)34-35-26(20)28-32-21-8-7-9-24(27(21)33-28)36-11-5-4-6-12-36/h7-9,13-17H,2-6,10-12H2,1H3,(H,31,37)(H,32,33)(H,34,35). The first kappa shape index (κ1) is 23.1. The number of pyridine rings is 2. The van der Waals surface area contributed by atoms with Crippen molar-refractivity contribution in [3.8, 4) is 22.8 Å². The first-order valence-corrected chi connectivity index (χ1v) is 13.0. The molecule has 37 heavy (non-hydrogen) atoms. The average Bonchev–Trinajstić information content (AvgIpc) is 3.56. The Kier molecular flexibility index (Phi) is 6.26. The van der Waals surface area contributed by atoms with Gasteiger partial charge in [0.25, 0.3) is 0 Å². The van der Waals surface area contributed by atoms with Gasteiger partial charge in [-0.05, 0) is 49.9 Å². The number of aromatic nitrogens is 6. The molecule has 0 unspecified atom stereocenters. The van der Waals surface area contributed by atoms with E-state index in [0.29, 0.717) is 12.1 Å². The molecule has 4 aromatic heterocycles. The van der Waals surface area contributed by atoms with Crippen LogP contribution in [-0.2, 0) is 4.79 Å². The number of piperidine rings is 1. The molecule has 9 heteroatoms. The summed E-state index contributed by atoms with van der Waals surface area (Å²) in [5.41, 5.74) is 6.95. The number of hydrogen-bond acceptors (Lipinski definition) is 6. The van der Waals surface area contributed by atoms with E-state index >= 15 is 0 Å². The quantitative estimate of drug-likeness (QED) is 0.268. The lowest BCUT2D eigenvalue weighted by Gasteiger charge is -2.28. The van der Waals surface area contributed by atoms with Crippen LogP contribution >= 0.6 is 0 Å². The number of fused-ring (bicyclic) bond motifs is 2. The molecule has 0 aliphatic carbocycles. The fourth-order valence-corrected chi connectivity index (χ4v) is 4.98. The maximum Gasteiger partial charge on any atom is 0.224 e. The molecule has 6 rings (SSSR count). The van der Waals surface area contributed by atoms with E-state index in [-0.39, 0.29) is 5.91 Å². The first-order valence-electron chi connectivity index (χ1n) is 13.0. The molecule has 188 valence electrons. The van der Waals surface area contributed by atoms with Crippen molar-refractivity contribution in [1.29, 1.82) is 0 Å². The molecule has 1 aromatic carbocycles. The molecule has 5 aromatic rings. The van der Waals surface area contributed by atoms with Gasteiger partial charge in [0.15, 0.2) is 5.82 Å². The summed E-state index contributed by atoms with van der Waals surface area (Å²) in [5, 5.41) is 11.5. The summed E-state index contributed by atoms with van der Waals surface area (Å²) in [6.07, 6.45) is 11.2. The van der Waals surface area contributed by atoms with Crippen LogP contribution in [0.25, 0.3) is 44.7 Å². The van der Waals surface area contributed by atoms with Gasteiger partial charge in [-0.25, -0.2) is 4.98 Å². The first-order chi connectivity index (χ1) is 18.2. The van der Waals surface area contributed by atoms with Crippen LogP contribution in [0.2, 0.25) is 0 Å². The smallest absolute Gasteiger partial charge is 0.224 e. The largest absolute Gasteiger partial charge is 0.370 e. The molecule has 5 heterocycles. The molecule has 0 saturated carbocycles. The molecular weight excluding hydrogens is 464 g/mol. The van der Waals surface area contributed by atoms with Gasteiger partial charge in [0.05, 0.1) is 40.5 Å². The number of nitrogens with one attached hydrogen (secondary N) is 3. The van der Waals surface area contributed by atoms with E-state index in [1.165, 1.54) is 24.9 Å². The van der Waals surface area contributed by atoms with E-state index in [0.717, 1.165) is 70.6 Å². The molecule has 0 atom stereocenters. The fraction of sp³-hybridized carbons (Fsp3) is 0.321. The summed E-state index contributed by atoms with van der Waals surface area (Å²) in [4.78, 5) is 32.0. The molecule has 1 aliphatic heterocycles. The van der Waals surface area contributed by atoms with Crippen molar-refractivity contribution >= 4 is 39.2 Å². The van der Waals surface area contributed by atoms with Gasteiger partial charge in [-0.15, -0.1) is 0 Å². The Hall–Kier alpha value is -4.27. The Morgan fingerprint density at radius 3 is 2.84 bits per heavy atom. The van der Waals surface area contributed by atoms with Crippen LogP contribution in [0.3, 0.4) is 0 Å². The third-order valence-corrected chi connectivity index (χ3v) is 6.93. The lowest BCUT2D eigenvalue weighted by atomic mass is 10.1. The molecule has 1 amide bonds. The second-order valence-electron chi connectivity index (χ2n) is 9.61. The normalized spacial score (nSPS) is 13.9. The second-order valence-corrected chi connectivity index (χ2v) is 9.61. The Morgan fingerprint density at radius 1 is 1.08 bits per heavy atom. The van der Waals surface area contributed by atoms with E-state index in [4.69, 9.17) is 4.98 Å². The summed E-state index contributed by atoms with van der Waals surface area (Å²) >= 11 is 0. The van der Waals surface area contributed by atoms with Crippen molar-refractivity contribution in [3.63, 3.8) is 0 Å². The van der Waals surface area contributed by atoms with Crippen LogP contribution in [0, 0.1) is 0 Å². The highest BCUT2D eigenvalue weighted by molar-refractivity contribution is 5.97. The molecule has 1 fully saturated rings. The Balaban J connectivity index is 1.34. The molecule has 9 nitrogen and oxygen atoms in total. The Morgan fingerprint density at radius 2 is 1.97 bits per heavy atom. The van der Waals surface area contributed by atoms with Gasteiger partial charge in [-0.2, -0.15) is 5.10 Å². The highest BCUT2D eigenvalue weighted by atomic mass is 16.1. The lowest BCUT2D eigenvalue weighted by Crippen LogP contribution is -2.29. The van der Waals surface area contributed by atoms with Gasteiger partial charge in [-0.3, -0.25) is 19.9 Å². The van der Waals surface area contributed by atoms with E-state index < -0.39 is 0 Å². The average molecular weight is 495 g/mol. The molecule has 0 radical (unpaired) electrons.